The highest BCUT2D eigenvalue weighted by Crippen LogP contribution is 2.33. The fourth-order valence-corrected chi connectivity index (χ4v) is 3.92. The van der Waals surface area contributed by atoms with Crippen molar-refractivity contribution < 1.29 is 9.53 Å². The molecule has 0 aliphatic carbocycles. The van der Waals surface area contributed by atoms with E-state index in [9.17, 15) is 4.79 Å². The first kappa shape index (κ1) is 17.2. The number of fused-ring (bicyclic) bond motifs is 1. The summed E-state index contributed by atoms with van der Waals surface area (Å²) in [6, 6.07) is 3.83. The van der Waals surface area contributed by atoms with Crippen LogP contribution in [0.4, 0.5) is 0 Å². The van der Waals surface area contributed by atoms with Gasteiger partial charge in [-0.25, -0.2) is 0 Å². The third-order valence-corrected chi connectivity index (χ3v) is 5.28. The monoisotopic (exact) mass is 355 g/mol. The smallest absolute Gasteiger partial charge is 0.249 e. The Morgan fingerprint density at radius 1 is 1.38 bits per heavy atom. The van der Waals surface area contributed by atoms with Crippen LogP contribution in [0.3, 0.4) is 0 Å². The molecule has 2 saturated heterocycles. The maximum atomic E-state index is 12.5. The summed E-state index contributed by atoms with van der Waals surface area (Å²) in [7, 11) is 1.94. The molecule has 3 atom stereocenters. The molecule has 2 aliphatic rings. The molecule has 0 unspecified atom stereocenters. The van der Waals surface area contributed by atoms with Crippen molar-refractivity contribution in [2.24, 2.45) is 13.0 Å². The molecule has 0 spiro atoms. The van der Waals surface area contributed by atoms with E-state index in [0.29, 0.717) is 12.5 Å². The minimum atomic E-state index is -0.333. The van der Waals surface area contributed by atoms with Gasteiger partial charge in [-0.1, -0.05) is 6.07 Å². The van der Waals surface area contributed by atoms with Gasteiger partial charge >= 0.3 is 0 Å². The molecular formula is C19H25N5O2. The number of hydrogen-bond donors (Lipinski definition) is 1. The van der Waals surface area contributed by atoms with Crippen LogP contribution in [-0.4, -0.2) is 50.9 Å². The van der Waals surface area contributed by atoms with Crippen molar-refractivity contribution in [1.82, 2.24) is 25.0 Å². The first-order valence-electron chi connectivity index (χ1n) is 9.19. The van der Waals surface area contributed by atoms with Gasteiger partial charge in [-0.15, -0.1) is 0 Å². The average Bonchev–Trinajstić information content (AvgIpc) is 3.26. The second kappa shape index (κ2) is 7.55. The molecule has 7 heteroatoms. The van der Waals surface area contributed by atoms with Crippen molar-refractivity contribution >= 4 is 5.91 Å². The maximum Gasteiger partial charge on any atom is 0.249 e. The maximum absolute atomic E-state index is 12.5. The summed E-state index contributed by atoms with van der Waals surface area (Å²) in [4.78, 5) is 18.9. The van der Waals surface area contributed by atoms with Crippen molar-refractivity contribution in [3.63, 3.8) is 0 Å². The van der Waals surface area contributed by atoms with Crippen molar-refractivity contribution in [2.45, 2.75) is 38.1 Å². The van der Waals surface area contributed by atoms with Gasteiger partial charge in [0.1, 0.15) is 6.10 Å². The Kier molecular flexibility index (Phi) is 4.99. The van der Waals surface area contributed by atoms with Gasteiger partial charge in [0, 0.05) is 50.8 Å². The molecule has 1 amide bonds. The highest BCUT2D eigenvalue weighted by Gasteiger charge is 2.41. The predicted molar refractivity (Wildman–Crippen MR) is 96.0 cm³/mol. The number of aromatic nitrogens is 3. The number of hydrogen-bond acceptors (Lipinski definition) is 5. The van der Waals surface area contributed by atoms with Crippen LogP contribution in [0.5, 0.6) is 0 Å². The number of nitrogens with zero attached hydrogens (tertiary/aromatic N) is 4. The van der Waals surface area contributed by atoms with Gasteiger partial charge in [-0.2, -0.15) is 5.10 Å². The number of amides is 1. The van der Waals surface area contributed by atoms with E-state index in [0.717, 1.165) is 38.0 Å². The van der Waals surface area contributed by atoms with Gasteiger partial charge in [-0.05, 0) is 36.9 Å². The number of piperidine rings is 1. The molecule has 1 N–H and O–H groups in total. The summed E-state index contributed by atoms with van der Waals surface area (Å²) in [5.41, 5.74) is 2.22. The summed E-state index contributed by atoms with van der Waals surface area (Å²) in [5, 5.41) is 7.21. The van der Waals surface area contributed by atoms with Crippen molar-refractivity contribution in [3.05, 3.63) is 48.0 Å². The minimum Gasteiger partial charge on any atom is -0.364 e. The van der Waals surface area contributed by atoms with Gasteiger partial charge in [-0.3, -0.25) is 19.4 Å². The van der Waals surface area contributed by atoms with Crippen molar-refractivity contribution in [3.8, 4) is 0 Å². The van der Waals surface area contributed by atoms with E-state index in [-0.39, 0.29) is 18.1 Å². The summed E-state index contributed by atoms with van der Waals surface area (Å²) in [6.45, 7) is 3.31. The first-order valence-corrected chi connectivity index (χ1v) is 9.19. The number of aryl methyl sites for hydroxylation is 1. The van der Waals surface area contributed by atoms with Crippen LogP contribution in [0, 0.1) is 5.92 Å². The number of pyridine rings is 1. The summed E-state index contributed by atoms with van der Waals surface area (Å²) >= 11 is 0. The number of nitrogens with one attached hydrogen (secondary N) is 1. The molecule has 0 saturated carbocycles. The molecule has 0 bridgehead atoms. The number of likely N-dealkylation sites (tertiary alicyclic amines) is 1. The van der Waals surface area contributed by atoms with Gasteiger partial charge in [0.2, 0.25) is 5.91 Å². The van der Waals surface area contributed by atoms with Crippen LogP contribution in [0.25, 0.3) is 0 Å². The standard InChI is InChI=1S/C19H25N5O2/c1-23-11-15(10-22-23)12-24-6-4-16-7-17(26-18(16)13-24)19(25)21-9-14-3-2-5-20-8-14/h2-3,5,8,10-11,16-18H,4,6-7,9,12-13H2,1H3,(H,21,25)/t16-,17+,18-/m1/s1. The van der Waals surface area contributed by atoms with E-state index in [1.54, 1.807) is 12.4 Å². The van der Waals surface area contributed by atoms with Gasteiger partial charge in [0.25, 0.3) is 0 Å². The van der Waals surface area contributed by atoms with E-state index < -0.39 is 0 Å². The lowest BCUT2D eigenvalue weighted by Crippen LogP contribution is -2.42. The Hall–Kier alpha value is -2.25. The third-order valence-electron chi connectivity index (χ3n) is 5.28. The van der Waals surface area contributed by atoms with Crippen LogP contribution in [0.1, 0.15) is 24.0 Å². The molecule has 2 fully saturated rings. The van der Waals surface area contributed by atoms with E-state index in [1.807, 2.05) is 30.1 Å². The molecule has 4 heterocycles. The van der Waals surface area contributed by atoms with Crippen LogP contribution in [-0.2, 0) is 29.7 Å². The molecule has 0 aromatic carbocycles. The molecule has 7 nitrogen and oxygen atoms in total. The van der Waals surface area contributed by atoms with Gasteiger partial charge < -0.3 is 10.1 Å². The quantitative estimate of drug-likeness (QED) is 0.870. The topological polar surface area (TPSA) is 72.3 Å². The summed E-state index contributed by atoms with van der Waals surface area (Å²) in [6.07, 6.45) is 9.18. The molecule has 26 heavy (non-hydrogen) atoms. The van der Waals surface area contributed by atoms with Crippen LogP contribution in [0.2, 0.25) is 0 Å². The van der Waals surface area contributed by atoms with Crippen molar-refractivity contribution in [2.75, 3.05) is 13.1 Å². The van der Waals surface area contributed by atoms with E-state index in [2.05, 4.69) is 26.5 Å². The Morgan fingerprint density at radius 2 is 2.31 bits per heavy atom. The zero-order valence-electron chi connectivity index (χ0n) is 15.0. The molecule has 2 aromatic rings. The van der Waals surface area contributed by atoms with E-state index in [1.165, 1.54) is 5.56 Å². The zero-order valence-corrected chi connectivity index (χ0v) is 15.0. The number of rotatable bonds is 5. The van der Waals surface area contributed by atoms with E-state index in [4.69, 9.17) is 4.74 Å². The van der Waals surface area contributed by atoms with E-state index >= 15 is 0 Å². The second-order valence-corrected chi connectivity index (χ2v) is 7.28. The zero-order chi connectivity index (χ0) is 17.9. The van der Waals surface area contributed by atoms with Gasteiger partial charge in [0.05, 0.1) is 12.3 Å². The second-order valence-electron chi connectivity index (χ2n) is 7.28. The lowest BCUT2D eigenvalue weighted by molar-refractivity contribution is -0.133. The molecular weight excluding hydrogens is 330 g/mol. The van der Waals surface area contributed by atoms with Crippen LogP contribution >= 0.6 is 0 Å². The fraction of sp³-hybridized carbons (Fsp3) is 0.526. The predicted octanol–water partition coefficient (Wildman–Crippen LogP) is 1.11. The molecule has 2 aromatic heterocycles. The lowest BCUT2D eigenvalue weighted by Gasteiger charge is -2.33. The van der Waals surface area contributed by atoms with Crippen LogP contribution in [0.15, 0.2) is 36.9 Å². The SMILES string of the molecule is Cn1cc(CN2CC[C@@H]3C[C@@H](C(=O)NCc4cccnc4)O[C@@H]3C2)cn1. The molecule has 4 rings (SSSR count). The molecule has 138 valence electrons. The largest absolute Gasteiger partial charge is 0.364 e. The first-order chi connectivity index (χ1) is 12.7. The Morgan fingerprint density at radius 3 is 3.08 bits per heavy atom. The third kappa shape index (κ3) is 3.94. The minimum absolute atomic E-state index is 0.0120. The number of carbonyl (C=O) groups excluding carboxylic acids is 1. The highest BCUT2D eigenvalue weighted by atomic mass is 16.5. The van der Waals surface area contributed by atoms with Crippen molar-refractivity contribution in [1.29, 1.82) is 0 Å². The number of carbonyl (C=O) groups is 1. The highest BCUT2D eigenvalue weighted by molar-refractivity contribution is 5.81. The molecule has 2 aliphatic heterocycles. The van der Waals surface area contributed by atoms with Crippen LogP contribution < -0.4 is 5.32 Å². The summed E-state index contributed by atoms with van der Waals surface area (Å²) in [5.74, 6) is 0.469. The number of ether oxygens (including phenoxy) is 1. The summed E-state index contributed by atoms with van der Waals surface area (Å²) < 4.78 is 7.93. The molecule has 0 radical (unpaired) electrons. The Bertz CT molecular complexity index is 747. The Labute approximate surface area is 153 Å². The average molecular weight is 355 g/mol. The van der Waals surface area contributed by atoms with Gasteiger partial charge in [0.15, 0.2) is 0 Å². The fourth-order valence-electron chi connectivity index (χ4n) is 3.92. The normalized spacial score (nSPS) is 25.8. The lowest BCUT2D eigenvalue weighted by atomic mass is 9.91. The Balaban J connectivity index is 1.28.